The predicted molar refractivity (Wildman–Crippen MR) is 105 cm³/mol. The third kappa shape index (κ3) is 3.47. The van der Waals surface area contributed by atoms with Gasteiger partial charge in [-0.2, -0.15) is 0 Å². The molecule has 4 aromatic rings. The van der Waals surface area contributed by atoms with Gasteiger partial charge in [0.25, 0.3) is 5.56 Å². The number of thiazole rings is 1. The van der Waals surface area contributed by atoms with Gasteiger partial charge in [0.15, 0.2) is 10.8 Å². The largest absolute Gasteiger partial charge is 0.302 e. The molecule has 1 amide bonds. The monoisotopic (exact) mass is 433 g/mol. The van der Waals surface area contributed by atoms with Crippen LogP contribution in [0.3, 0.4) is 0 Å². The number of anilines is 1. The van der Waals surface area contributed by atoms with Gasteiger partial charge >= 0.3 is 0 Å². The minimum absolute atomic E-state index is 0.0315. The summed E-state index contributed by atoms with van der Waals surface area (Å²) in [6.07, 6.45) is 1.30. The van der Waals surface area contributed by atoms with Gasteiger partial charge < -0.3 is 5.32 Å². The highest BCUT2D eigenvalue weighted by atomic mass is 32.1. The Labute approximate surface area is 171 Å². The van der Waals surface area contributed by atoms with E-state index in [-0.39, 0.29) is 22.8 Å². The summed E-state index contributed by atoms with van der Waals surface area (Å²) in [5.41, 5.74) is 0.157. The van der Waals surface area contributed by atoms with Crippen LogP contribution in [0, 0.1) is 31.3 Å². The second kappa shape index (κ2) is 7.41. The number of carbonyl (C=O) groups is 1. The lowest BCUT2D eigenvalue weighted by atomic mass is 10.1. The second-order valence-electron chi connectivity index (χ2n) is 6.53. The third-order valence-electron chi connectivity index (χ3n) is 4.47. The number of aryl methyl sites for hydroxylation is 2. The molecule has 3 aromatic heterocycles. The minimum atomic E-state index is -1.09. The van der Waals surface area contributed by atoms with Gasteiger partial charge in [0.05, 0.1) is 17.7 Å². The highest BCUT2D eigenvalue weighted by Gasteiger charge is 2.21. The smallest absolute Gasteiger partial charge is 0.276 e. The second-order valence-corrected chi connectivity index (χ2v) is 7.73. The number of hydrogen-bond acceptors (Lipinski definition) is 5. The van der Waals surface area contributed by atoms with Crippen molar-refractivity contribution in [3.63, 3.8) is 0 Å². The Hall–Kier alpha value is -3.47. The molecule has 154 valence electrons. The van der Waals surface area contributed by atoms with Gasteiger partial charge in [-0.3, -0.25) is 14.7 Å². The Balaban J connectivity index is 1.60. The van der Waals surface area contributed by atoms with E-state index in [1.807, 2.05) is 0 Å². The summed E-state index contributed by atoms with van der Waals surface area (Å²) in [7, 11) is 0. The SMILES string of the molecule is Cc1nc2cc[nH]n2c(=O)c1CC(=O)Nc1nc(-c2c(F)cc(F)cc2F)c(C)s1. The lowest BCUT2D eigenvalue weighted by Gasteiger charge is -2.05. The van der Waals surface area contributed by atoms with E-state index in [1.165, 1.54) is 4.52 Å². The zero-order valence-corrected chi connectivity index (χ0v) is 16.5. The number of nitrogens with one attached hydrogen (secondary N) is 2. The molecule has 11 heteroatoms. The van der Waals surface area contributed by atoms with Gasteiger partial charge in [0, 0.05) is 40.5 Å². The van der Waals surface area contributed by atoms with E-state index in [1.54, 1.807) is 26.1 Å². The molecule has 0 radical (unpaired) electrons. The number of halogens is 3. The van der Waals surface area contributed by atoms with E-state index in [4.69, 9.17) is 0 Å². The first-order valence-electron chi connectivity index (χ1n) is 8.72. The lowest BCUT2D eigenvalue weighted by Crippen LogP contribution is -2.26. The molecule has 0 atom stereocenters. The van der Waals surface area contributed by atoms with Gasteiger partial charge in [-0.25, -0.2) is 27.7 Å². The summed E-state index contributed by atoms with van der Waals surface area (Å²) in [5.74, 6) is -3.76. The Morgan fingerprint density at radius 3 is 2.60 bits per heavy atom. The normalized spacial score (nSPS) is 11.2. The predicted octanol–water partition coefficient (Wildman–Crippen LogP) is 3.36. The van der Waals surface area contributed by atoms with Crippen molar-refractivity contribution in [3.05, 3.63) is 68.3 Å². The summed E-state index contributed by atoms with van der Waals surface area (Å²) in [6.45, 7) is 3.20. The molecule has 0 spiro atoms. The van der Waals surface area contributed by atoms with Crippen LogP contribution in [0.5, 0.6) is 0 Å². The molecular weight excluding hydrogens is 419 g/mol. The van der Waals surface area contributed by atoms with Gasteiger partial charge in [-0.15, -0.1) is 11.3 Å². The first-order valence-corrected chi connectivity index (χ1v) is 9.54. The first-order chi connectivity index (χ1) is 14.2. The fraction of sp³-hybridized carbons (Fsp3) is 0.158. The molecule has 0 bridgehead atoms. The highest BCUT2D eigenvalue weighted by molar-refractivity contribution is 7.16. The molecule has 30 heavy (non-hydrogen) atoms. The number of nitrogens with zero attached hydrogens (tertiary/aromatic N) is 3. The van der Waals surface area contributed by atoms with Crippen LogP contribution in [0.15, 0.2) is 29.2 Å². The number of hydrogen-bond donors (Lipinski definition) is 2. The van der Waals surface area contributed by atoms with Crippen LogP contribution in [0.4, 0.5) is 18.3 Å². The van der Waals surface area contributed by atoms with Crippen LogP contribution < -0.4 is 10.9 Å². The van der Waals surface area contributed by atoms with E-state index < -0.39 is 34.5 Å². The lowest BCUT2D eigenvalue weighted by molar-refractivity contribution is -0.115. The topological polar surface area (TPSA) is 92.2 Å². The van der Waals surface area contributed by atoms with E-state index in [2.05, 4.69) is 20.4 Å². The maximum atomic E-state index is 14.1. The zero-order valence-electron chi connectivity index (χ0n) is 15.7. The van der Waals surface area contributed by atoms with Crippen molar-refractivity contribution >= 4 is 28.0 Å². The maximum Gasteiger partial charge on any atom is 0.276 e. The maximum absolute atomic E-state index is 14.1. The van der Waals surface area contributed by atoms with E-state index >= 15 is 0 Å². The van der Waals surface area contributed by atoms with Crippen molar-refractivity contribution in [3.8, 4) is 11.3 Å². The number of amides is 1. The molecule has 0 aliphatic rings. The van der Waals surface area contributed by atoms with Crippen molar-refractivity contribution in [2.75, 3.05) is 5.32 Å². The van der Waals surface area contributed by atoms with E-state index in [0.717, 1.165) is 11.3 Å². The molecule has 0 saturated heterocycles. The molecule has 0 aliphatic heterocycles. The summed E-state index contributed by atoms with van der Waals surface area (Å²) in [4.78, 5) is 33.8. The minimum Gasteiger partial charge on any atom is -0.302 e. The van der Waals surface area contributed by atoms with Crippen molar-refractivity contribution in [2.45, 2.75) is 20.3 Å². The molecular formula is C19H14F3N5O2S. The number of aromatic nitrogens is 4. The number of benzene rings is 1. The average Bonchev–Trinajstić information content (AvgIpc) is 3.24. The molecule has 0 unspecified atom stereocenters. The fourth-order valence-electron chi connectivity index (χ4n) is 3.08. The van der Waals surface area contributed by atoms with Gasteiger partial charge in [0.2, 0.25) is 5.91 Å². The van der Waals surface area contributed by atoms with E-state index in [0.29, 0.717) is 28.4 Å². The number of aromatic amines is 1. The summed E-state index contributed by atoms with van der Waals surface area (Å²) < 4.78 is 42.5. The standard InChI is InChI=1S/C19H14F3N5O2S/c1-8-11(18(29)27-14(24-8)3-4-23-27)7-15(28)25-19-26-17(9(2)30-19)16-12(21)5-10(20)6-13(16)22/h3-6,23H,7H2,1-2H3,(H,25,26,28). The number of H-pyrrole nitrogens is 1. The van der Waals surface area contributed by atoms with E-state index in [9.17, 15) is 22.8 Å². The average molecular weight is 433 g/mol. The Bertz CT molecular complexity index is 1340. The van der Waals surface area contributed by atoms with Crippen LogP contribution in [-0.4, -0.2) is 25.5 Å². The quantitative estimate of drug-likeness (QED) is 0.516. The van der Waals surface area contributed by atoms with Crippen LogP contribution in [0.1, 0.15) is 16.1 Å². The van der Waals surface area contributed by atoms with Crippen LogP contribution in [0.2, 0.25) is 0 Å². The van der Waals surface area contributed by atoms with Crippen LogP contribution in [-0.2, 0) is 11.2 Å². The molecule has 0 saturated carbocycles. The fourth-order valence-corrected chi connectivity index (χ4v) is 3.92. The Morgan fingerprint density at radius 2 is 1.90 bits per heavy atom. The van der Waals surface area contributed by atoms with Gasteiger partial charge in [0.1, 0.15) is 17.5 Å². The number of rotatable bonds is 4. The molecule has 2 N–H and O–H groups in total. The summed E-state index contributed by atoms with van der Waals surface area (Å²) in [5, 5.41) is 5.35. The summed E-state index contributed by atoms with van der Waals surface area (Å²) >= 11 is 1.01. The highest BCUT2D eigenvalue weighted by Crippen LogP contribution is 2.34. The third-order valence-corrected chi connectivity index (χ3v) is 5.36. The first kappa shape index (κ1) is 19.8. The van der Waals surface area contributed by atoms with Crippen molar-refractivity contribution < 1.29 is 18.0 Å². The van der Waals surface area contributed by atoms with Gasteiger partial charge in [-0.1, -0.05) is 0 Å². The molecule has 1 aromatic carbocycles. The molecule has 4 rings (SSSR count). The summed E-state index contributed by atoms with van der Waals surface area (Å²) in [6, 6.07) is 2.76. The van der Waals surface area contributed by atoms with Crippen molar-refractivity contribution in [1.29, 1.82) is 0 Å². The molecule has 7 nitrogen and oxygen atoms in total. The molecule has 3 heterocycles. The Morgan fingerprint density at radius 1 is 1.20 bits per heavy atom. The molecule has 0 fully saturated rings. The zero-order chi connectivity index (χ0) is 21.6. The molecule has 0 aliphatic carbocycles. The van der Waals surface area contributed by atoms with Crippen LogP contribution >= 0.6 is 11.3 Å². The van der Waals surface area contributed by atoms with Crippen molar-refractivity contribution in [2.24, 2.45) is 0 Å². The Kier molecular flexibility index (Phi) is 4.90. The van der Waals surface area contributed by atoms with Gasteiger partial charge in [-0.05, 0) is 13.8 Å². The van der Waals surface area contributed by atoms with Crippen LogP contribution in [0.25, 0.3) is 16.9 Å². The van der Waals surface area contributed by atoms with Crippen molar-refractivity contribution in [1.82, 2.24) is 19.6 Å². The number of carbonyl (C=O) groups excluding carboxylic acids is 1. The number of fused-ring (bicyclic) bond motifs is 1.